The number of rotatable bonds is 1. The summed E-state index contributed by atoms with van der Waals surface area (Å²) in [6, 6.07) is 0.750. The Bertz CT molecular complexity index is 187. The van der Waals surface area contributed by atoms with Gasteiger partial charge in [0.05, 0.1) is 0 Å². The Morgan fingerprint density at radius 2 is 2.17 bits per heavy atom. The molecule has 1 heteroatoms. The van der Waals surface area contributed by atoms with Crippen LogP contribution >= 0.6 is 0 Å². The number of hydrogen-bond donors (Lipinski definition) is 1. The number of allylic oxidation sites excluding steroid dienone is 3. The first-order chi connectivity index (χ1) is 5.97. The minimum Gasteiger partial charge on any atom is -0.313 e. The van der Waals surface area contributed by atoms with Gasteiger partial charge in [0.1, 0.15) is 0 Å². The average molecular weight is 163 g/mol. The van der Waals surface area contributed by atoms with Gasteiger partial charge in [0.15, 0.2) is 0 Å². The first kappa shape index (κ1) is 8.06. The standard InChI is InChI=1S/C11H17N/c1-2-6-10(7-3-1)11-8-4-5-9-12-11/h1-3,6,10-12H,4-5,7-9H2/t10-,11+/m1/s1. The molecule has 0 unspecified atom stereocenters. The second-order valence-corrected chi connectivity index (χ2v) is 3.77. The fraction of sp³-hybridized carbons (Fsp3) is 0.636. The predicted molar refractivity (Wildman–Crippen MR) is 52.0 cm³/mol. The van der Waals surface area contributed by atoms with Crippen LogP contribution in [0.15, 0.2) is 24.3 Å². The summed E-state index contributed by atoms with van der Waals surface area (Å²) in [7, 11) is 0. The third-order valence-corrected chi connectivity index (χ3v) is 2.88. The number of piperidine rings is 1. The van der Waals surface area contributed by atoms with Crippen LogP contribution in [0.2, 0.25) is 0 Å². The van der Waals surface area contributed by atoms with E-state index in [0.717, 1.165) is 12.0 Å². The van der Waals surface area contributed by atoms with Crippen molar-refractivity contribution in [2.75, 3.05) is 6.54 Å². The van der Waals surface area contributed by atoms with Gasteiger partial charge in [0, 0.05) is 6.04 Å². The minimum atomic E-state index is 0.750. The van der Waals surface area contributed by atoms with Crippen LogP contribution in [-0.2, 0) is 0 Å². The maximum atomic E-state index is 3.60. The minimum absolute atomic E-state index is 0.750. The highest BCUT2D eigenvalue weighted by Crippen LogP contribution is 2.21. The molecule has 2 aliphatic rings. The second-order valence-electron chi connectivity index (χ2n) is 3.77. The van der Waals surface area contributed by atoms with Crippen molar-refractivity contribution in [1.29, 1.82) is 0 Å². The SMILES string of the molecule is C1=CC[C@H]([C@@H]2CCCCN2)C=C1. The summed E-state index contributed by atoms with van der Waals surface area (Å²) >= 11 is 0. The highest BCUT2D eigenvalue weighted by molar-refractivity contribution is 5.13. The molecule has 1 N–H and O–H groups in total. The molecule has 1 fully saturated rings. The molecule has 0 bridgehead atoms. The Balaban J connectivity index is 1.90. The van der Waals surface area contributed by atoms with Gasteiger partial charge in [0.2, 0.25) is 0 Å². The van der Waals surface area contributed by atoms with E-state index in [4.69, 9.17) is 0 Å². The van der Waals surface area contributed by atoms with Crippen LogP contribution in [0.1, 0.15) is 25.7 Å². The number of hydrogen-bond acceptors (Lipinski definition) is 1. The van der Waals surface area contributed by atoms with E-state index in [0.29, 0.717) is 0 Å². The van der Waals surface area contributed by atoms with Crippen molar-refractivity contribution in [3.63, 3.8) is 0 Å². The highest BCUT2D eigenvalue weighted by Gasteiger charge is 2.20. The first-order valence-corrected chi connectivity index (χ1v) is 5.03. The van der Waals surface area contributed by atoms with Crippen LogP contribution in [0.5, 0.6) is 0 Å². The lowest BCUT2D eigenvalue weighted by molar-refractivity contribution is 0.332. The molecule has 1 aliphatic heterocycles. The van der Waals surface area contributed by atoms with E-state index < -0.39 is 0 Å². The average Bonchev–Trinajstić information content (AvgIpc) is 2.21. The van der Waals surface area contributed by atoms with Crippen LogP contribution in [-0.4, -0.2) is 12.6 Å². The van der Waals surface area contributed by atoms with Crippen LogP contribution in [0.25, 0.3) is 0 Å². The van der Waals surface area contributed by atoms with E-state index in [9.17, 15) is 0 Å². The molecular weight excluding hydrogens is 146 g/mol. The predicted octanol–water partition coefficient (Wildman–Crippen LogP) is 2.26. The van der Waals surface area contributed by atoms with Crippen molar-refractivity contribution in [2.24, 2.45) is 5.92 Å². The van der Waals surface area contributed by atoms with Gasteiger partial charge in [-0.1, -0.05) is 30.7 Å². The Morgan fingerprint density at radius 1 is 1.17 bits per heavy atom. The smallest absolute Gasteiger partial charge is 0.0133 e. The lowest BCUT2D eigenvalue weighted by Crippen LogP contribution is -2.39. The van der Waals surface area contributed by atoms with E-state index in [1.807, 2.05) is 0 Å². The maximum absolute atomic E-state index is 3.60. The van der Waals surface area contributed by atoms with Crippen molar-refractivity contribution in [3.05, 3.63) is 24.3 Å². The topological polar surface area (TPSA) is 12.0 Å². The molecule has 0 aromatic rings. The van der Waals surface area contributed by atoms with Gasteiger partial charge in [-0.3, -0.25) is 0 Å². The largest absolute Gasteiger partial charge is 0.313 e. The zero-order valence-electron chi connectivity index (χ0n) is 7.50. The van der Waals surface area contributed by atoms with Crippen LogP contribution in [0, 0.1) is 5.92 Å². The van der Waals surface area contributed by atoms with Gasteiger partial charge >= 0.3 is 0 Å². The summed E-state index contributed by atoms with van der Waals surface area (Å²) in [5, 5.41) is 3.60. The molecule has 0 aromatic carbocycles. The molecule has 2 atom stereocenters. The van der Waals surface area contributed by atoms with Gasteiger partial charge in [-0.25, -0.2) is 0 Å². The Kier molecular flexibility index (Phi) is 2.62. The van der Waals surface area contributed by atoms with E-state index in [-0.39, 0.29) is 0 Å². The lowest BCUT2D eigenvalue weighted by Gasteiger charge is -2.29. The summed E-state index contributed by atoms with van der Waals surface area (Å²) in [6.45, 7) is 1.22. The molecule has 0 saturated carbocycles. The summed E-state index contributed by atoms with van der Waals surface area (Å²) in [6.07, 6.45) is 14.3. The molecule has 1 nitrogen and oxygen atoms in total. The van der Waals surface area contributed by atoms with Crippen LogP contribution in [0.3, 0.4) is 0 Å². The summed E-state index contributed by atoms with van der Waals surface area (Å²) in [4.78, 5) is 0. The normalized spacial score (nSPS) is 35.3. The molecular formula is C11H17N. The molecule has 0 radical (unpaired) electrons. The van der Waals surface area contributed by atoms with Crippen LogP contribution < -0.4 is 5.32 Å². The third kappa shape index (κ3) is 1.78. The Morgan fingerprint density at radius 3 is 2.83 bits per heavy atom. The summed E-state index contributed by atoms with van der Waals surface area (Å²) in [5.41, 5.74) is 0. The monoisotopic (exact) mass is 163 g/mol. The third-order valence-electron chi connectivity index (χ3n) is 2.88. The molecule has 1 saturated heterocycles. The fourth-order valence-corrected chi connectivity index (χ4v) is 2.14. The van der Waals surface area contributed by atoms with Crippen molar-refractivity contribution in [3.8, 4) is 0 Å². The van der Waals surface area contributed by atoms with Crippen molar-refractivity contribution in [1.82, 2.24) is 5.32 Å². The van der Waals surface area contributed by atoms with Crippen LogP contribution in [0.4, 0.5) is 0 Å². The molecule has 12 heavy (non-hydrogen) atoms. The van der Waals surface area contributed by atoms with E-state index >= 15 is 0 Å². The highest BCUT2D eigenvalue weighted by atomic mass is 14.9. The van der Waals surface area contributed by atoms with Gasteiger partial charge in [0.25, 0.3) is 0 Å². The van der Waals surface area contributed by atoms with Gasteiger partial charge in [-0.2, -0.15) is 0 Å². The molecule has 2 rings (SSSR count). The molecule has 66 valence electrons. The molecule has 0 spiro atoms. The van der Waals surface area contributed by atoms with Gasteiger partial charge in [-0.05, 0) is 31.7 Å². The van der Waals surface area contributed by atoms with Crippen molar-refractivity contribution in [2.45, 2.75) is 31.7 Å². The zero-order chi connectivity index (χ0) is 8.23. The first-order valence-electron chi connectivity index (χ1n) is 5.03. The molecule has 0 aromatic heterocycles. The summed E-state index contributed by atoms with van der Waals surface area (Å²) in [5.74, 6) is 0.760. The van der Waals surface area contributed by atoms with E-state index in [1.54, 1.807) is 0 Å². The second kappa shape index (κ2) is 3.90. The Labute approximate surface area is 74.5 Å². The maximum Gasteiger partial charge on any atom is 0.0133 e. The summed E-state index contributed by atoms with van der Waals surface area (Å²) < 4.78 is 0. The van der Waals surface area contributed by atoms with Crippen molar-refractivity contribution < 1.29 is 0 Å². The fourth-order valence-electron chi connectivity index (χ4n) is 2.14. The van der Waals surface area contributed by atoms with Crippen molar-refractivity contribution >= 4 is 0 Å². The lowest BCUT2D eigenvalue weighted by atomic mass is 9.87. The quantitative estimate of drug-likeness (QED) is 0.625. The van der Waals surface area contributed by atoms with Gasteiger partial charge < -0.3 is 5.32 Å². The van der Waals surface area contributed by atoms with E-state index in [2.05, 4.69) is 29.6 Å². The molecule has 0 amide bonds. The van der Waals surface area contributed by atoms with E-state index in [1.165, 1.54) is 32.2 Å². The Hall–Kier alpha value is -0.560. The molecule has 1 aliphatic carbocycles. The van der Waals surface area contributed by atoms with Gasteiger partial charge in [-0.15, -0.1) is 0 Å². The zero-order valence-corrected chi connectivity index (χ0v) is 7.50. The molecule has 1 heterocycles. The number of nitrogens with one attached hydrogen (secondary N) is 1.